The number of rotatable bonds is 5. The lowest BCUT2D eigenvalue weighted by Crippen LogP contribution is -2.47. The second kappa shape index (κ2) is 4.37. The van der Waals surface area contributed by atoms with Crippen molar-refractivity contribution in [3.05, 3.63) is 0 Å². The molecule has 0 aliphatic rings. The van der Waals surface area contributed by atoms with Gasteiger partial charge < -0.3 is 13.3 Å². The molecule has 0 spiro atoms. The summed E-state index contributed by atoms with van der Waals surface area (Å²) in [7, 11) is 0.899. The van der Waals surface area contributed by atoms with Crippen molar-refractivity contribution in [1.82, 2.24) is 0 Å². The van der Waals surface area contributed by atoms with Gasteiger partial charge in [-0.3, -0.25) is 0 Å². The molecule has 0 aliphatic carbocycles. The zero-order valence-corrected chi connectivity index (χ0v) is 9.93. The van der Waals surface area contributed by atoms with Crippen LogP contribution in [0.25, 0.3) is 0 Å². The van der Waals surface area contributed by atoms with Gasteiger partial charge in [-0.05, 0) is 20.3 Å². The minimum absolute atomic E-state index is 0.160. The Morgan fingerprint density at radius 3 is 1.83 bits per heavy atom. The normalized spacial score (nSPS) is 13.5. The Labute approximate surface area is 76.4 Å². The first-order valence-corrected chi connectivity index (χ1v) is 6.42. The van der Waals surface area contributed by atoms with E-state index in [0.717, 1.165) is 6.42 Å². The van der Waals surface area contributed by atoms with Crippen LogP contribution in [-0.4, -0.2) is 28.6 Å². The molecule has 0 bridgehead atoms. The van der Waals surface area contributed by atoms with E-state index in [1.165, 1.54) is 0 Å². The molecule has 0 N–H and O–H groups in total. The summed E-state index contributed by atoms with van der Waals surface area (Å²) in [6.07, 6.45) is 0.947. The Morgan fingerprint density at radius 2 is 1.58 bits per heavy atom. The van der Waals surface area contributed by atoms with Crippen LogP contribution < -0.4 is 0 Å². The van der Waals surface area contributed by atoms with E-state index in [4.69, 9.17) is 13.3 Å². The zero-order chi connectivity index (χ0) is 9.83. The smallest absolute Gasteiger partial charge is 0.377 e. The van der Waals surface area contributed by atoms with E-state index in [9.17, 15) is 0 Å². The van der Waals surface area contributed by atoms with Crippen LogP contribution in [0.5, 0.6) is 0 Å². The van der Waals surface area contributed by atoms with Gasteiger partial charge in [0.05, 0.1) is 5.60 Å². The molecule has 0 unspecified atom stereocenters. The second-order valence-corrected chi connectivity index (χ2v) is 6.23. The van der Waals surface area contributed by atoms with E-state index in [-0.39, 0.29) is 5.60 Å². The van der Waals surface area contributed by atoms with E-state index < -0.39 is 8.80 Å². The van der Waals surface area contributed by atoms with Crippen molar-refractivity contribution in [3.63, 3.8) is 0 Å². The molecule has 3 nitrogen and oxygen atoms in total. The maximum atomic E-state index is 5.77. The molecular formula is C8H20O3Si. The summed E-state index contributed by atoms with van der Waals surface area (Å²) in [6, 6.07) is 0. The van der Waals surface area contributed by atoms with E-state index in [1.807, 2.05) is 20.4 Å². The third-order valence-corrected chi connectivity index (χ3v) is 4.46. The summed E-state index contributed by atoms with van der Waals surface area (Å²) in [6.45, 7) is 8.05. The van der Waals surface area contributed by atoms with Crippen LogP contribution in [0.3, 0.4) is 0 Å². The molecule has 0 rings (SSSR count). The lowest BCUT2D eigenvalue weighted by Gasteiger charge is -2.32. The minimum atomic E-state index is -2.35. The molecule has 0 amide bonds. The van der Waals surface area contributed by atoms with Crippen LogP contribution in [0, 0.1) is 0 Å². The van der Waals surface area contributed by atoms with Gasteiger partial charge in [-0.15, -0.1) is 0 Å². The Balaban J connectivity index is 4.20. The first-order valence-electron chi connectivity index (χ1n) is 4.19. The summed E-state index contributed by atoms with van der Waals surface area (Å²) in [4.78, 5) is 0. The number of hydrogen-bond donors (Lipinski definition) is 0. The third kappa shape index (κ3) is 3.67. The summed E-state index contributed by atoms with van der Waals surface area (Å²) in [5.41, 5.74) is -0.160. The highest BCUT2D eigenvalue weighted by molar-refractivity contribution is 6.59. The highest BCUT2D eigenvalue weighted by atomic mass is 28.4. The first kappa shape index (κ1) is 12.1. The molecule has 0 aromatic rings. The Morgan fingerprint density at radius 1 is 1.17 bits per heavy atom. The van der Waals surface area contributed by atoms with Crippen molar-refractivity contribution >= 4 is 8.80 Å². The predicted molar refractivity (Wildman–Crippen MR) is 51.1 cm³/mol. The Kier molecular flexibility index (Phi) is 4.40. The maximum absolute atomic E-state index is 5.77. The van der Waals surface area contributed by atoms with Gasteiger partial charge in [-0.2, -0.15) is 0 Å². The fourth-order valence-electron chi connectivity index (χ4n) is 0.741. The molecule has 0 heterocycles. The van der Waals surface area contributed by atoms with Crippen molar-refractivity contribution < 1.29 is 13.3 Å². The van der Waals surface area contributed by atoms with E-state index in [2.05, 4.69) is 6.92 Å². The van der Waals surface area contributed by atoms with Crippen LogP contribution in [-0.2, 0) is 13.3 Å². The summed E-state index contributed by atoms with van der Waals surface area (Å²) < 4.78 is 16.2. The molecule has 0 radical (unpaired) electrons. The number of hydrogen-bond acceptors (Lipinski definition) is 3. The van der Waals surface area contributed by atoms with Crippen molar-refractivity contribution in [2.45, 2.75) is 39.3 Å². The summed E-state index contributed by atoms with van der Waals surface area (Å²) in [5.74, 6) is 0. The van der Waals surface area contributed by atoms with Crippen molar-refractivity contribution in [2.75, 3.05) is 14.2 Å². The molecule has 0 atom stereocenters. The van der Waals surface area contributed by atoms with Crippen molar-refractivity contribution in [1.29, 1.82) is 0 Å². The van der Waals surface area contributed by atoms with Crippen LogP contribution in [0.15, 0.2) is 0 Å². The van der Waals surface area contributed by atoms with Gasteiger partial charge in [0, 0.05) is 20.8 Å². The van der Waals surface area contributed by atoms with Gasteiger partial charge in [-0.25, -0.2) is 0 Å². The monoisotopic (exact) mass is 192 g/mol. The lowest BCUT2D eigenvalue weighted by atomic mass is 10.1. The maximum Gasteiger partial charge on any atom is 0.497 e. The summed E-state index contributed by atoms with van der Waals surface area (Å²) >= 11 is 0. The fraction of sp³-hybridized carbons (Fsp3) is 1.00. The fourth-order valence-corrected chi connectivity index (χ4v) is 2.22. The SMILES string of the molecule is CCC(C)(C)O[Si](C)(OC)OC. The third-order valence-electron chi connectivity index (χ3n) is 2.05. The molecular weight excluding hydrogens is 172 g/mol. The standard InChI is InChI=1S/C8H20O3Si/c1-7-8(2,3)11-12(6,9-4)10-5/h7H2,1-6H3. The summed E-state index contributed by atoms with van der Waals surface area (Å²) in [5, 5.41) is 0. The average Bonchev–Trinajstić information content (AvgIpc) is 2.04. The average molecular weight is 192 g/mol. The highest BCUT2D eigenvalue weighted by Crippen LogP contribution is 2.21. The van der Waals surface area contributed by atoms with Gasteiger partial charge in [-0.1, -0.05) is 6.92 Å². The molecule has 0 aromatic carbocycles. The second-order valence-electron chi connectivity index (χ2n) is 3.49. The van der Waals surface area contributed by atoms with Crippen LogP contribution >= 0.6 is 0 Å². The van der Waals surface area contributed by atoms with Crippen LogP contribution in [0.2, 0.25) is 6.55 Å². The van der Waals surface area contributed by atoms with Gasteiger partial charge in [0.1, 0.15) is 0 Å². The minimum Gasteiger partial charge on any atom is -0.377 e. The van der Waals surface area contributed by atoms with Gasteiger partial charge in [0.2, 0.25) is 0 Å². The zero-order valence-electron chi connectivity index (χ0n) is 8.93. The quantitative estimate of drug-likeness (QED) is 0.624. The van der Waals surface area contributed by atoms with Crippen LogP contribution in [0.1, 0.15) is 27.2 Å². The van der Waals surface area contributed by atoms with E-state index in [1.54, 1.807) is 14.2 Å². The van der Waals surface area contributed by atoms with Gasteiger partial charge in [0.25, 0.3) is 0 Å². The Hall–Kier alpha value is 0.0969. The molecule has 0 fully saturated rings. The molecule has 4 heteroatoms. The predicted octanol–water partition coefficient (Wildman–Crippen LogP) is 2.05. The molecule has 0 saturated carbocycles. The Bertz CT molecular complexity index is 132. The van der Waals surface area contributed by atoms with Crippen molar-refractivity contribution in [2.24, 2.45) is 0 Å². The van der Waals surface area contributed by atoms with Crippen LogP contribution in [0.4, 0.5) is 0 Å². The highest BCUT2D eigenvalue weighted by Gasteiger charge is 2.37. The van der Waals surface area contributed by atoms with E-state index in [0.29, 0.717) is 0 Å². The lowest BCUT2D eigenvalue weighted by molar-refractivity contribution is 0.00779. The van der Waals surface area contributed by atoms with Gasteiger partial charge in [0.15, 0.2) is 0 Å². The first-order chi connectivity index (χ1) is 5.39. The molecule has 74 valence electrons. The molecule has 12 heavy (non-hydrogen) atoms. The molecule has 0 aliphatic heterocycles. The van der Waals surface area contributed by atoms with Crippen molar-refractivity contribution in [3.8, 4) is 0 Å². The largest absolute Gasteiger partial charge is 0.497 e. The molecule has 0 saturated heterocycles. The topological polar surface area (TPSA) is 27.7 Å². The van der Waals surface area contributed by atoms with Gasteiger partial charge >= 0.3 is 8.80 Å². The molecule has 0 aromatic heterocycles. The van der Waals surface area contributed by atoms with E-state index >= 15 is 0 Å².